The Balaban J connectivity index is 1.39. The molecule has 0 unspecified atom stereocenters. The van der Waals surface area contributed by atoms with Crippen molar-refractivity contribution in [3.05, 3.63) is 58.1 Å². The minimum Gasteiger partial charge on any atom is -0.495 e. The molecule has 1 amide bonds. The predicted octanol–water partition coefficient (Wildman–Crippen LogP) is 2.17. The van der Waals surface area contributed by atoms with E-state index in [9.17, 15) is 9.59 Å². The van der Waals surface area contributed by atoms with Crippen molar-refractivity contribution in [2.75, 3.05) is 25.5 Å². The first-order valence-electron chi connectivity index (χ1n) is 8.97. The third-order valence-electron chi connectivity index (χ3n) is 4.19. The summed E-state index contributed by atoms with van der Waals surface area (Å²) in [6.07, 6.45) is 2.61. The highest BCUT2D eigenvalue weighted by Gasteiger charge is 2.07. The van der Waals surface area contributed by atoms with E-state index in [1.54, 1.807) is 43.6 Å². The molecule has 3 rings (SSSR count). The number of nitrogens with zero attached hydrogens (tertiary/aromatic N) is 3. The Morgan fingerprint density at radius 1 is 1.25 bits per heavy atom. The van der Waals surface area contributed by atoms with Gasteiger partial charge in [-0.1, -0.05) is 17.7 Å². The Hall–Kier alpha value is -3.00. The van der Waals surface area contributed by atoms with Gasteiger partial charge in [0.15, 0.2) is 5.65 Å². The van der Waals surface area contributed by atoms with Crippen LogP contribution < -0.4 is 21.1 Å². The van der Waals surface area contributed by atoms with E-state index in [0.29, 0.717) is 48.9 Å². The quantitative estimate of drug-likeness (QED) is 0.534. The van der Waals surface area contributed by atoms with Crippen LogP contribution in [-0.2, 0) is 11.3 Å². The third kappa shape index (κ3) is 4.83. The lowest BCUT2D eigenvalue weighted by Gasteiger charge is -2.11. The van der Waals surface area contributed by atoms with Crippen LogP contribution in [-0.4, -0.2) is 40.3 Å². The molecule has 148 valence electrons. The molecule has 2 aromatic heterocycles. The number of amides is 1. The summed E-state index contributed by atoms with van der Waals surface area (Å²) in [5.74, 6) is 0.596. The fourth-order valence-electron chi connectivity index (χ4n) is 2.79. The molecule has 8 nitrogen and oxygen atoms in total. The van der Waals surface area contributed by atoms with Gasteiger partial charge in [-0.2, -0.15) is 0 Å². The molecule has 0 aliphatic carbocycles. The molecule has 0 saturated heterocycles. The third-order valence-corrected chi connectivity index (χ3v) is 4.42. The number of ether oxygens (including phenoxy) is 1. The highest BCUT2D eigenvalue weighted by molar-refractivity contribution is 6.30. The Morgan fingerprint density at radius 2 is 2.11 bits per heavy atom. The molecular weight excluding hydrogens is 382 g/mol. The highest BCUT2D eigenvalue weighted by Crippen LogP contribution is 2.27. The molecule has 2 heterocycles. The number of pyridine rings is 1. The van der Waals surface area contributed by atoms with Crippen LogP contribution in [0.2, 0.25) is 5.02 Å². The van der Waals surface area contributed by atoms with Gasteiger partial charge in [0.2, 0.25) is 5.91 Å². The molecule has 0 aliphatic heterocycles. The van der Waals surface area contributed by atoms with E-state index in [0.717, 1.165) is 5.69 Å². The van der Waals surface area contributed by atoms with Gasteiger partial charge in [0.05, 0.1) is 12.8 Å². The second-order valence-electron chi connectivity index (χ2n) is 6.16. The van der Waals surface area contributed by atoms with Crippen molar-refractivity contribution in [3.63, 3.8) is 0 Å². The van der Waals surface area contributed by atoms with Crippen LogP contribution in [0.1, 0.15) is 12.8 Å². The first-order chi connectivity index (χ1) is 13.6. The molecule has 0 saturated carbocycles. The van der Waals surface area contributed by atoms with Gasteiger partial charge in [-0.25, -0.2) is 9.48 Å². The molecule has 0 fully saturated rings. The summed E-state index contributed by atoms with van der Waals surface area (Å²) in [5.41, 5.74) is 1.18. The second kappa shape index (κ2) is 9.27. The molecule has 28 heavy (non-hydrogen) atoms. The van der Waals surface area contributed by atoms with E-state index in [-0.39, 0.29) is 11.6 Å². The van der Waals surface area contributed by atoms with E-state index in [4.69, 9.17) is 16.3 Å². The summed E-state index contributed by atoms with van der Waals surface area (Å²) in [6, 6.07) is 10.7. The summed E-state index contributed by atoms with van der Waals surface area (Å²) in [7, 11) is 1.58. The Morgan fingerprint density at radius 3 is 2.89 bits per heavy atom. The number of fused-ring (bicyclic) bond motifs is 1. The topological polar surface area (TPSA) is 89.7 Å². The van der Waals surface area contributed by atoms with Crippen LogP contribution in [0.4, 0.5) is 5.69 Å². The van der Waals surface area contributed by atoms with Crippen molar-refractivity contribution in [2.45, 2.75) is 19.4 Å². The average molecular weight is 404 g/mol. The van der Waals surface area contributed by atoms with Gasteiger partial charge in [0, 0.05) is 37.3 Å². The molecule has 2 N–H and O–H groups in total. The first-order valence-corrected chi connectivity index (χ1v) is 9.34. The number of hydrogen-bond donors (Lipinski definition) is 2. The number of anilines is 1. The summed E-state index contributed by atoms with van der Waals surface area (Å²) in [5, 5.41) is 10.8. The van der Waals surface area contributed by atoms with Gasteiger partial charge in [-0.15, -0.1) is 5.10 Å². The molecule has 3 aromatic rings. The monoisotopic (exact) mass is 403 g/mol. The van der Waals surface area contributed by atoms with Gasteiger partial charge >= 0.3 is 5.69 Å². The van der Waals surface area contributed by atoms with Crippen molar-refractivity contribution in [1.29, 1.82) is 0 Å². The molecule has 1 aromatic carbocycles. The molecular formula is C19H22ClN5O3. The molecule has 0 atom stereocenters. The van der Waals surface area contributed by atoms with Crippen molar-refractivity contribution >= 4 is 28.8 Å². The van der Waals surface area contributed by atoms with Gasteiger partial charge in [-0.3, -0.25) is 9.20 Å². The maximum Gasteiger partial charge on any atom is 0.350 e. The van der Waals surface area contributed by atoms with E-state index in [1.165, 1.54) is 9.08 Å². The number of halogens is 1. The Labute approximate surface area is 167 Å². The van der Waals surface area contributed by atoms with Crippen LogP contribution in [0.25, 0.3) is 5.65 Å². The normalized spacial score (nSPS) is 10.8. The second-order valence-corrected chi connectivity index (χ2v) is 6.60. The lowest BCUT2D eigenvalue weighted by atomic mass is 10.2. The fraction of sp³-hybridized carbons (Fsp3) is 0.316. The Bertz CT molecular complexity index is 1010. The fourth-order valence-corrected chi connectivity index (χ4v) is 2.96. The zero-order chi connectivity index (χ0) is 19.9. The summed E-state index contributed by atoms with van der Waals surface area (Å²) in [4.78, 5) is 24.1. The number of aromatic nitrogens is 3. The molecule has 0 spiro atoms. The van der Waals surface area contributed by atoms with E-state index >= 15 is 0 Å². The van der Waals surface area contributed by atoms with E-state index in [1.807, 2.05) is 6.07 Å². The largest absolute Gasteiger partial charge is 0.495 e. The molecule has 0 bridgehead atoms. The zero-order valence-electron chi connectivity index (χ0n) is 15.5. The lowest BCUT2D eigenvalue weighted by Crippen LogP contribution is -2.28. The number of hydrogen-bond acceptors (Lipinski definition) is 5. The zero-order valence-corrected chi connectivity index (χ0v) is 16.3. The first kappa shape index (κ1) is 19.8. The van der Waals surface area contributed by atoms with E-state index in [2.05, 4.69) is 15.7 Å². The van der Waals surface area contributed by atoms with Crippen molar-refractivity contribution in [1.82, 2.24) is 19.5 Å². The summed E-state index contributed by atoms with van der Waals surface area (Å²) < 4.78 is 8.16. The van der Waals surface area contributed by atoms with Crippen LogP contribution in [0.5, 0.6) is 5.75 Å². The van der Waals surface area contributed by atoms with Gasteiger partial charge < -0.3 is 15.4 Å². The maximum absolute atomic E-state index is 12.2. The van der Waals surface area contributed by atoms with Gasteiger partial charge in [0.1, 0.15) is 5.75 Å². The number of benzene rings is 1. The minimum atomic E-state index is -0.179. The van der Waals surface area contributed by atoms with Crippen LogP contribution in [0.15, 0.2) is 47.4 Å². The number of carbonyl (C=O) groups is 1. The van der Waals surface area contributed by atoms with Crippen molar-refractivity contribution < 1.29 is 9.53 Å². The Kier molecular flexibility index (Phi) is 6.54. The number of methoxy groups -OCH3 is 1. The average Bonchev–Trinajstić information content (AvgIpc) is 3.01. The van der Waals surface area contributed by atoms with Crippen LogP contribution in [0.3, 0.4) is 0 Å². The summed E-state index contributed by atoms with van der Waals surface area (Å²) >= 11 is 5.98. The van der Waals surface area contributed by atoms with Crippen LogP contribution in [0, 0.1) is 0 Å². The molecule has 0 radical (unpaired) electrons. The number of nitrogens with one attached hydrogen (secondary N) is 2. The maximum atomic E-state index is 12.2. The molecule has 0 aliphatic rings. The molecule has 9 heteroatoms. The van der Waals surface area contributed by atoms with Crippen LogP contribution >= 0.6 is 11.6 Å². The smallest absolute Gasteiger partial charge is 0.350 e. The minimum absolute atomic E-state index is 0.0733. The van der Waals surface area contributed by atoms with Crippen molar-refractivity contribution in [2.24, 2.45) is 0 Å². The van der Waals surface area contributed by atoms with Gasteiger partial charge in [-0.05, 0) is 36.8 Å². The number of aryl methyl sites for hydroxylation is 1. The van der Waals surface area contributed by atoms with Crippen molar-refractivity contribution in [3.8, 4) is 5.75 Å². The standard InChI is InChI=1S/C19H22ClN5O3/c1-28-16-7-6-14(20)13-15(16)21-10-8-18(26)22-9-4-12-25-19(27)24-11-3-2-5-17(24)23-25/h2-3,5-7,11,13,21H,4,8-10,12H2,1H3,(H,22,26). The SMILES string of the molecule is COc1ccc(Cl)cc1NCCC(=O)NCCCn1nc2ccccn2c1=O. The lowest BCUT2D eigenvalue weighted by molar-refractivity contribution is -0.120. The number of carbonyl (C=O) groups excluding carboxylic acids is 1. The van der Waals surface area contributed by atoms with E-state index < -0.39 is 0 Å². The highest BCUT2D eigenvalue weighted by atomic mass is 35.5. The van der Waals surface area contributed by atoms with Gasteiger partial charge in [0.25, 0.3) is 0 Å². The number of rotatable bonds is 9. The predicted molar refractivity (Wildman–Crippen MR) is 108 cm³/mol. The summed E-state index contributed by atoms with van der Waals surface area (Å²) in [6.45, 7) is 1.37.